The molecule has 0 spiro atoms. The van der Waals surface area contributed by atoms with E-state index >= 15 is 0 Å². The molecular formula is C15H19F3N2O. The van der Waals surface area contributed by atoms with Gasteiger partial charge in [-0.05, 0) is 43.4 Å². The smallest absolute Gasteiger partial charge is 0.382 e. The molecule has 6 heteroatoms. The second-order valence-electron chi connectivity index (χ2n) is 5.57. The van der Waals surface area contributed by atoms with Crippen molar-refractivity contribution in [3.63, 3.8) is 0 Å². The Labute approximate surface area is 121 Å². The van der Waals surface area contributed by atoms with E-state index in [9.17, 15) is 18.0 Å². The van der Waals surface area contributed by atoms with Gasteiger partial charge in [0, 0.05) is 11.7 Å². The van der Waals surface area contributed by atoms with Crippen molar-refractivity contribution in [2.24, 2.45) is 11.7 Å². The predicted molar refractivity (Wildman–Crippen MR) is 74.8 cm³/mol. The molecule has 0 saturated heterocycles. The van der Waals surface area contributed by atoms with Gasteiger partial charge in [-0.15, -0.1) is 0 Å². The average molecular weight is 300 g/mol. The standard InChI is InChI=1S/C15H19F3N2O/c16-15(17,18)11-3-7-13(8-4-11)20-12-5-1-10(2-6-12)9-14(19)21/h1-2,5-6,11,13,20H,3-4,7-9H2,(H2,19,21). The first-order valence-electron chi connectivity index (χ1n) is 7.05. The molecule has 1 fully saturated rings. The number of alkyl halides is 3. The molecular weight excluding hydrogens is 281 g/mol. The maximum absolute atomic E-state index is 12.6. The average Bonchev–Trinajstić information content (AvgIpc) is 2.40. The number of anilines is 1. The summed E-state index contributed by atoms with van der Waals surface area (Å²) in [6.45, 7) is 0. The Hall–Kier alpha value is -1.72. The number of halogens is 3. The Morgan fingerprint density at radius 1 is 1.14 bits per heavy atom. The van der Waals surface area contributed by atoms with Crippen LogP contribution in [0.4, 0.5) is 18.9 Å². The summed E-state index contributed by atoms with van der Waals surface area (Å²) in [5.74, 6) is -1.55. The Kier molecular flexibility index (Phi) is 4.75. The molecule has 0 unspecified atom stereocenters. The van der Waals surface area contributed by atoms with Crippen LogP contribution in [-0.2, 0) is 11.2 Å². The summed E-state index contributed by atoms with van der Waals surface area (Å²) >= 11 is 0. The predicted octanol–water partition coefficient (Wildman–Crippen LogP) is 3.25. The Balaban J connectivity index is 1.85. The van der Waals surface area contributed by atoms with Crippen LogP contribution < -0.4 is 11.1 Å². The third-order valence-corrected chi connectivity index (χ3v) is 3.89. The van der Waals surface area contributed by atoms with Gasteiger partial charge < -0.3 is 11.1 Å². The van der Waals surface area contributed by atoms with Crippen molar-refractivity contribution in [3.8, 4) is 0 Å². The fraction of sp³-hybridized carbons (Fsp3) is 0.533. The molecule has 1 amide bonds. The molecule has 0 aliphatic heterocycles. The van der Waals surface area contributed by atoms with E-state index in [4.69, 9.17) is 5.73 Å². The number of nitrogens with two attached hydrogens (primary N) is 1. The van der Waals surface area contributed by atoms with Crippen molar-refractivity contribution in [2.45, 2.75) is 44.3 Å². The van der Waals surface area contributed by atoms with Crippen LogP contribution in [0.25, 0.3) is 0 Å². The highest BCUT2D eigenvalue weighted by Crippen LogP contribution is 2.38. The summed E-state index contributed by atoms with van der Waals surface area (Å²) in [6.07, 6.45) is -2.47. The van der Waals surface area contributed by atoms with Crippen molar-refractivity contribution in [1.29, 1.82) is 0 Å². The summed E-state index contributed by atoms with van der Waals surface area (Å²) in [5.41, 5.74) is 6.80. The lowest BCUT2D eigenvalue weighted by Crippen LogP contribution is -2.32. The van der Waals surface area contributed by atoms with Gasteiger partial charge in [0.25, 0.3) is 0 Å². The van der Waals surface area contributed by atoms with E-state index in [0.717, 1.165) is 11.3 Å². The van der Waals surface area contributed by atoms with Gasteiger partial charge in [-0.2, -0.15) is 13.2 Å². The number of hydrogen-bond acceptors (Lipinski definition) is 2. The number of carbonyl (C=O) groups is 1. The first-order chi connectivity index (χ1) is 9.84. The van der Waals surface area contributed by atoms with Gasteiger partial charge >= 0.3 is 6.18 Å². The van der Waals surface area contributed by atoms with Crippen LogP contribution in [0.3, 0.4) is 0 Å². The van der Waals surface area contributed by atoms with Crippen molar-refractivity contribution < 1.29 is 18.0 Å². The number of rotatable bonds is 4. The summed E-state index contributed by atoms with van der Waals surface area (Å²) < 4.78 is 37.8. The number of nitrogens with one attached hydrogen (secondary N) is 1. The maximum atomic E-state index is 12.6. The third kappa shape index (κ3) is 4.65. The largest absolute Gasteiger partial charge is 0.391 e. The van der Waals surface area contributed by atoms with Gasteiger partial charge in [0.15, 0.2) is 0 Å². The minimum atomic E-state index is -4.07. The SMILES string of the molecule is NC(=O)Cc1ccc(NC2CCC(C(F)(F)F)CC2)cc1. The van der Waals surface area contributed by atoms with Crippen molar-refractivity contribution in [1.82, 2.24) is 0 Å². The third-order valence-electron chi connectivity index (χ3n) is 3.89. The van der Waals surface area contributed by atoms with E-state index in [1.807, 2.05) is 12.1 Å². The van der Waals surface area contributed by atoms with Gasteiger partial charge in [0.1, 0.15) is 0 Å². The molecule has 116 valence electrons. The molecule has 1 aliphatic rings. The molecule has 0 aromatic heterocycles. The lowest BCUT2D eigenvalue weighted by Gasteiger charge is -2.30. The topological polar surface area (TPSA) is 55.1 Å². The molecule has 1 aromatic rings. The van der Waals surface area contributed by atoms with Crippen LogP contribution in [0.5, 0.6) is 0 Å². The van der Waals surface area contributed by atoms with Crippen LogP contribution in [0.1, 0.15) is 31.2 Å². The summed E-state index contributed by atoms with van der Waals surface area (Å²) in [7, 11) is 0. The van der Waals surface area contributed by atoms with E-state index in [2.05, 4.69) is 5.32 Å². The van der Waals surface area contributed by atoms with Crippen molar-refractivity contribution in [3.05, 3.63) is 29.8 Å². The van der Waals surface area contributed by atoms with Gasteiger partial charge in [0.05, 0.1) is 12.3 Å². The van der Waals surface area contributed by atoms with Gasteiger partial charge in [-0.1, -0.05) is 12.1 Å². The highest BCUT2D eigenvalue weighted by molar-refractivity contribution is 5.76. The lowest BCUT2D eigenvalue weighted by molar-refractivity contribution is -0.182. The minimum absolute atomic E-state index is 0.0746. The molecule has 3 N–H and O–H groups in total. The molecule has 1 saturated carbocycles. The molecule has 3 nitrogen and oxygen atoms in total. The number of primary amides is 1. The first kappa shape index (κ1) is 15.7. The second-order valence-corrected chi connectivity index (χ2v) is 5.57. The highest BCUT2D eigenvalue weighted by Gasteiger charge is 2.41. The van der Waals surface area contributed by atoms with E-state index in [-0.39, 0.29) is 31.2 Å². The first-order valence-corrected chi connectivity index (χ1v) is 7.05. The lowest BCUT2D eigenvalue weighted by atomic mass is 9.85. The fourth-order valence-corrected chi connectivity index (χ4v) is 2.72. The maximum Gasteiger partial charge on any atom is 0.391 e. The highest BCUT2D eigenvalue weighted by atomic mass is 19.4. The van der Waals surface area contributed by atoms with Crippen LogP contribution in [-0.4, -0.2) is 18.1 Å². The molecule has 0 bridgehead atoms. The van der Waals surface area contributed by atoms with Crippen LogP contribution in [0.15, 0.2) is 24.3 Å². The number of benzene rings is 1. The van der Waals surface area contributed by atoms with Crippen molar-refractivity contribution >= 4 is 11.6 Å². The van der Waals surface area contributed by atoms with E-state index in [0.29, 0.717) is 12.8 Å². The molecule has 1 aliphatic carbocycles. The fourth-order valence-electron chi connectivity index (χ4n) is 2.72. The second kappa shape index (κ2) is 6.37. The summed E-state index contributed by atoms with van der Waals surface area (Å²) in [5, 5.41) is 3.25. The molecule has 2 rings (SSSR count). The van der Waals surface area contributed by atoms with Crippen LogP contribution in [0.2, 0.25) is 0 Å². The number of amides is 1. The van der Waals surface area contributed by atoms with Crippen molar-refractivity contribution in [2.75, 3.05) is 5.32 Å². The van der Waals surface area contributed by atoms with Gasteiger partial charge in [0.2, 0.25) is 5.91 Å². The molecule has 1 aromatic carbocycles. The Bertz CT molecular complexity index is 477. The van der Waals surface area contributed by atoms with Crippen LogP contribution in [0, 0.1) is 5.92 Å². The molecule has 21 heavy (non-hydrogen) atoms. The molecule has 0 radical (unpaired) electrons. The quantitative estimate of drug-likeness (QED) is 0.897. The van der Waals surface area contributed by atoms with Crippen LogP contribution >= 0.6 is 0 Å². The Morgan fingerprint density at radius 2 is 1.71 bits per heavy atom. The van der Waals surface area contributed by atoms with Gasteiger partial charge in [-0.3, -0.25) is 4.79 Å². The molecule has 0 heterocycles. The van der Waals surface area contributed by atoms with E-state index in [1.54, 1.807) is 12.1 Å². The minimum Gasteiger partial charge on any atom is -0.382 e. The normalized spacial score (nSPS) is 22.8. The van der Waals surface area contributed by atoms with E-state index < -0.39 is 12.1 Å². The van der Waals surface area contributed by atoms with E-state index in [1.165, 1.54) is 0 Å². The monoisotopic (exact) mass is 300 g/mol. The number of carbonyl (C=O) groups excluding carboxylic acids is 1. The Morgan fingerprint density at radius 3 is 2.19 bits per heavy atom. The number of hydrogen-bond donors (Lipinski definition) is 2. The molecule has 0 atom stereocenters. The zero-order chi connectivity index (χ0) is 15.5. The van der Waals surface area contributed by atoms with Gasteiger partial charge in [-0.25, -0.2) is 0 Å². The zero-order valence-electron chi connectivity index (χ0n) is 11.6. The summed E-state index contributed by atoms with van der Waals surface area (Å²) in [4.78, 5) is 10.8. The zero-order valence-corrected chi connectivity index (χ0v) is 11.6. The summed E-state index contributed by atoms with van der Waals surface area (Å²) in [6, 6.07) is 7.33.